The molecule has 0 bridgehead atoms. The topological polar surface area (TPSA) is 64.3 Å². The summed E-state index contributed by atoms with van der Waals surface area (Å²) in [4.78, 5) is 12.0. The number of amides is 1. The lowest BCUT2D eigenvalue weighted by Crippen LogP contribution is -2.49. The van der Waals surface area contributed by atoms with Crippen LogP contribution in [0.3, 0.4) is 0 Å². The minimum atomic E-state index is -0.520. The standard InChI is InChI=1S/C15H24N2O2/c1-10(11-6-8-12(19-5)9-7-11)17-14(18)13(16)15(2,3)4/h6-10,13H,16H2,1-5H3,(H,17,18)/t10?,13-/m0/s1. The van der Waals surface area contributed by atoms with Crippen molar-refractivity contribution in [3.05, 3.63) is 29.8 Å². The number of carbonyl (C=O) groups excluding carboxylic acids is 1. The van der Waals surface area contributed by atoms with Crippen LogP contribution in [0.4, 0.5) is 0 Å². The Labute approximate surface area is 115 Å². The van der Waals surface area contributed by atoms with Crippen LogP contribution in [0.1, 0.15) is 39.3 Å². The Morgan fingerprint density at radius 3 is 2.21 bits per heavy atom. The molecule has 2 atom stereocenters. The van der Waals surface area contributed by atoms with Crippen LogP contribution < -0.4 is 15.8 Å². The van der Waals surface area contributed by atoms with Gasteiger partial charge in [-0.2, -0.15) is 0 Å². The summed E-state index contributed by atoms with van der Waals surface area (Å²) < 4.78 is 5.11. The smallest absolute Gasteiger partial charge is 0.237 e. The summed E-state index contributed by atoms with van der Waals surface area (Å²) >= 11 is 0. The Hall–Kier alpha value is -1.55. The molecule has 19 heavy (non-hydrogen) atoms. The maximum absolute atomic E-state index is 12.0. The van der Waals surface area contributed by atoms with E-state index >= 15 is 0 Å². The van der Waals surface area contributed by atoms with E-state index in [0.717, 1.165) is 11.3 Å². The van der Waals surface area contributed by atoms with Gasteiger partial charge in [0.05, 0.1) is 19.2 Å². The average Bonchev–Trinajstić information content (AvgIpc) is 2.36. The number of hydrogen-bond acceptors (Lipinski definition) is 3. The first-order valence-electron chi connectivity index (χ1n) is 6.45. The number of benzene rings is 1. The zero-order chi connectivity index (χ0) is 14.6. The van der Waals surface area contributed by atoms with Crippen LogP contribution in [-0.2, 0) is 4.79 Å². The molecule has 3 N–H and O–H groups in total. The van der Waals surface area contributed by atoms with Crippen molar-refractivity contribution in [3.63, 3.8) is 0 Å². The van der Waals surface area contributed by atoms with Crippen LogP contribution in [0, 0.1) is 5.41 Å². The summed E-state index contributed by atoms with van der Waals surface area (Å²) in [7, 11) is 1.63. The molecule has 0 aromatic heterocycles. The van der Waals surface area contributed by atoms with Crippen molar-refractivity contribution in [1.29, 1.82) is 0 Å². The highest BCUT2D eigenvalue weighted by atomic mass is 16.5. The Morgan fingerprint density at radius 2 is 1.79 bits per heavy atom. The summed E-state index contributed by atoms with van der Waals surface area (Å²) in [6, 6.07) is 7.03. The largest absolute Gasteiger partial charge is 0.497 e. The molecule has 1 rings (SSSR count). The molecule has 1 amide bonds. The Balaban J connectivity index is 2.68. The lowest BCUT2D eigenvalue weighted by atomic mass is 9.86. The second-order valence-corrected chi connectivity index (χ2v) is 5.85. The second-order valence-electron chi connectivity index (χ2n) is 5.85. The zero-order valence-corrected chi connectivity index (χ0v) is 12.4. The van der Waals surface area contributed by atoms with Gasteiger partial charge >= 0.3 is 0 Å². The third-order valence-electron chi connectivity index (χ3n) is 3.19. The molecule has 0 saturated heterocycles. The average molecular weight is 264 g/mol. The van der Waals surface area contributed by atoms with Gasteiger partial charge < -0.3 is 15.8 Å². The summed E-state index contributed by atoms with van der Waals surface area (Å²) in [6.45, 7) is 7.80. The predicted molar refractivity (Wildman–Crippen MR) is 77.0 cm³/mol. The van der Waals surface area contributed by atoms with Crippen molar-refractivity contribution in [3.8, 4) is 5.75 Å². The molecule has 1 aromatic carbocycles. The highest BCUT2D eigenvalue weighted by Crippen LogP contribution is 2.20. The first-order chi connectivity index (χ1) is 8.75. The number of nitrogens with two attached hydrogens (primary N) is 1. The van der Waals surface area contributed by atoms with Crippen LogP contribution in [0.2, 0.25) is 0 Å². The molecule has 0 fully saturated rings. The molecule has 0 spiro atoms. The third-order valence-corrected chi connectivity index (χ3v) is 3.19. The molecule has 0 heterocycles. The molecule has 0 aliphatic rings. The minimum Gasteiger partial charge on any atom is -0.497 e. The molecule has 4 nitrogen and oxygen atoms in total. The molecule has 1 unspecified atom stereocenters. The van der Waals surface area contributed by atoms with Gasteiger partial charge in [-0.3, -0.25) is 4.79 Å². The van der Waals surface area contributed by atoms with Gasteiger partial charge in [-0.1, -0.05) is 32.9 Å². The number of hydrogen-bond donors (Lipinski definition) is 2. The van der Waals surface area contributed by atoms with Gasteiger partial charge in [0.1, 0.15) is 5.75 Å². The molecular weight excluding hydrogens is 240 g/mol. The van der Waals surface area contributed by atoms with Gasteiger partial charge in [-0.05, 0) is 30.0 Å². The first kappa shape index (κ1) is 15.5. The summed E-state index contributed by atoms with van der Waals surface area (Å²) in [5.74, 6) is 0.671. The van der Waals surface area contributed by atoms with Gasteiger partial charge in [-0.25, -0.2) is 0 Å². The molecule has 0 aliphatic heterocycles. The third kappa shape index (κ3) is 4.24. The van der Waals surface area contributed by atoms with Crippen LogP contribution in [0.15, 0.2) is 24.3 Å². The monoisotopic (exact) mass is 264 g/mol. The molecule has 0 saturated carbocycles. The number of rotatable bonds is 4. The van der Waals surface area contributed by atoms with Crippen LogP contribution in [0.5, 0.6) is 5.75 Å². The number of ether oxygens (including phenoxy) is 1. The van der Waals surface area contributed by atoms with Crippen molar-refractivity contribution in [1.82, 2.24) is 5.32 Å². The fraction of sp³-hybridized carbons (Fsp3) is 0.533. The zero-order valence-electron chi connectivity index (χ0n) is 12.4. The van der Waals surface area contributed by atoms with Crippen molar-refractivity contribution >= 4 is 5.91 Å². The van der Waals surface area contributed by atoms with Crippen molar-refractivity contribution < 1.29 is 9.53 Å². The van der Waals surface area contributed by atoms with E-state index in [1.165, 1.54) is 0 Å². The van der Waals surface area contributed by atoms with Gasteiger partial charge in [-0.15, -0.1) is 0 Å². The predicted octanol–water partition coefficient (Wildman–Crippen LogP) is 2.25. The lowest BCUT2D eigenvalue weighted by Gasteiger charge is -2.27. The molecular formula is C15H24N2O2. The molecule has 0 aliphatic carbocycles. The van der Waals surface area contributed by atoms with E-state index in [4.69, 9.17) is 10.5 Å². The van der Waals surface area contributed by atoms with E-state index < -0.39 is 6.04 Å². The molecule has 0 radical (unpaired) electrons. The SMILES string of the molecule is COc1ccc(C(C)NC(=O)[C@H](N)C(C)(C)C)cc1. The van der Waals surface area contributed by atoms with Crippen molar-refractivity contribution in [2.45, 2.75) is 39.8 Å². The van der Waals surface area contributed by atoms with Gasteiger partial charge in [0.25, 0.3) is 0 Å². The summed E-state index contributed by atoms with van der Waals surface area (Å²) in [6.07, 6.45) is 0. The van der Waals surface area contributed by atoms with Crippen LogP contribution in [0.25, 0.3) is 0 Å². The van der Waals surface area contributed by atoms with Crippen molar-refractivity contribution in [2.75, 3.05) is 7.11 Å². The molecule has 1 aromatic rings. The second kappa shape index (κ2) is 6.06. The molecule has 106 valence electrons. The van der Waals surface area contributed by atoms with Crippen LogP contribution in [-0.4, -0.2) is 19.1 Å². The number of carbonyl (C=O) groups is 1. The maximum atomic E-state index is 12.0. The number of methoxy groups -OCH3 is 1. The van der Waals surface area contributed by atoms with Gasteiger partial charge in [0.2, 0.25) is 5.91 Å². The molecule has 4 heteroatoms. The summed E-state index contributed by atoms with van der Waals surface area (Å²) in [5, 5.41) is 2.94. The normalized spacial score (nSPS) is 14.6. The van der Waals surface area contributed by atoms with E-state index in [-0.39, 0.29) is 17.4 Å². The van der Waals surface area contributed by atoms with Gasteiger partial charge in [0.15, 0.2) is 0 Å². The Kier molecular flexibility index (Phi) is 4.95. The summed E-state index contributed by atoms with van der Waals surface area (Å²) in [5.41, 5.74) is 6.71. The quantitative estimate of drug-likeness (QED) is 0.876. The Morgan fingerprint density at radius 1 is 1.26 bits per heavy atom. The van der Waals surface area contributed by atoms with E-state index in [1.807, 2.05) is 52.0 Å². The highest BCUT2D eigenvalue weighted by Gasteiger charge is 2.28. The maximum Gasteiger partial charge on any atom is 0.237 e. The number of nitrogens with one attached hydrogen (secondary N) is 1. The van der Waals surface area contributed by atoms with E-state index in [1.54, 1.807) is 7.11 Å². The van der Waals surface area contributed by atoms with Crippen LogP contribution >= 0.6 is 0 Å². The fourth-order valence-corrected chi connectivity index (χ4v) is 1.67. The fourth-order valence-electron chi connectivity index (χ4n) is 1.67. The van der Waals surface area contributed by atoms with E-state index in [0.29, 0.717) is 0 Å². The van der Waals surface area contributed by atoms with Gasteiger partial charge in [0, 0.05) is 0 Å². The Bertz CT molecular complexity index is 421. The van der Waals surface area contributed by atoms with E-state index in [9.17, 15) is 4.79 Å². The highest BCUT2D eigenvalue weighted by molar-refractivity contribution is 5.82. The first-order valence-corrected chi connectivity index (χ1v) is 6.45. The minimum absolute atomic E-state index is 0.0770. The van der Waals surface area contributed by atoms with E-state index in [2.05, 4.69) is 5.32 Å². The van der Waals surface area contributed by atoms with Crippen molar-refractivity contribution in [2.24, 2.45) is 11.1 Å². The lowest BCUT2D eigenvalue weighted by molar-refractivity contribution is -0.125.